The van der Waals surface area contributed by atoms with Crippen molar-refractivity contribution in [1.29, 1.82) is 0 Å². The first-order valence-corrected chi connectivity index (χ1v) is 9.22. The quantitative estimate of drug-likeness (QED) is 0.621. The molecule has 0 aliphatic carbocycles. The van der Waals surface area contributed by atoms with Gasteiger partial charge in [0.05, 0.1) is 18.5 Å². The van der Waals surface area contributed by atoms with E-state index in [1.165, 1.54) is 11.8 Å². The van der Waals surface area contributed by atoms with Crippen LogP contribution in [0.3, 0.4) is 0 Å². The smallest absolute Gasteiger partial charge is 0.235 e. The number of carbonyl (C=O) groups is 1. The lowest BCUT2D eigenvalue weighted by molar-refractivity contribution is -0.113. The van der Waals surface area contributed by atoms with Gasteiger partial charge in [-0.3, -0.25) is 4.79 Å². The second-order valence-corrected chi connectivity index (χ2v) is 7.11. The average Bonchev–Trinajstić information content (AvgIpc) is 3.03. The van der Waals surface area contributed by atoms with Crippen LogP contribution in [0.4, 0.5) is 5.82 Å². The molecule has 3 aromatic rings. The van der Waals surface area contributed by atoms with Crippen LogP contribution in [0, 0.1) is 0 Å². The van der Waals surface area contributed by atoms with Crippen molar-refractivity contribution in [2.75, 3.05) is 11.1 Å². The Morgan fingerprint density at radius 1 is 1.08 bits per heavy atom. The fourth-order valence-electron chi connectivity index (χ4n) is 2.17. The Balaban J connectivity index is 1.58. The molecule has 0 saturated carbocycles. The highest BCUT2D eigenvalue weighted by Gasteiger charge is 2.08. The number of hydrogen-bond acceptors (Lipinski definition) is 3. The second kappa shape index (κ2) is 8.17. The molecule has 3 rings (SSSR count). The van der Waals surface area contributed by atoms with Crippen molar-refractivity contribution in [3.8, 4) is 0 Å². The van der Waals surface area contributed by atoms with Crippen molar-refractivity contribution >= 4 is 39.4 Å². The van der Waals surface area contributed by atoms with Crippen LogP contribution in [-0.4, -0.2) is 21.4 Å². The standard InChI is InChI=1S/C18H16BrN3OS/c19-15-8-6-14(7-9-15)12-22-17(10-11-20-22)21-18(23)13-24-16-4-2-1-3-5-16/h1-11H,12-13H2,(H,21,23). The summed E-state index contributed by atoms with van der Waals surface area (Å²) in [5.41, 5.74) is 1.12. The molecule has 1 N–H and O–H groups in total. The lowest BCUT2D eigenvalue weighted by atomic mass is 10.2. The van der Waals surface area contributed by atoms with Crippen LogP contribution in [0.2, 0.25) is 0 Å². The summed E-state index contributed by atoms with van der Waals surface area (Å²) >= 11 is 4.94. The average molecular weight is 402 g/mol. The van der Waals surface area contributed by atoms with Crippen LogP contribution in [0.1, 0.15) is 5.56 Å². The van der Waals surface area contributed by atoms with Gasteiger partial charge in [0.2, 0.25) is 5.91 Å². The Bertz CT molecular complexity index is 803. The normalized spacial score (nSPS) is 10.5. The number of carbonyl (C=O) groups excluding carboxylic acids is 1. The van der Waals surface area contributed by atoms with E-state index in [2.05, 4.69) is 26.3 Å². The van der Waals surface area contributed by atoms with E-state index >= 15 is 0 Å². The zero-order valence-electron chi connectivity index (χ0n) is 12.9. The molecule has 24 heavy (non-hydrogen) atoms. The summed E-state index contributed by atoms with van der Waals surface area (Å²) in [6, 6.07) is 19.7. The molecule has 0 radical (unpaired) electrons. The first-order valence-electron chi connectivity index (χ1n) is 7.45. The molecule has 6 heteroatoms. The molecule has 4 nitrogen and oxygen atoms in total. The third-order valence-corrected chi connectivity index (χ3v) is 4.88. The van der Waals surface area contributed by atoms with Gasteiger partial charge in [0.15, 0.2) is 0 Å². The van der Waals surface area contributed by atoms with Crippen LogP contribution in [0.25, 0.3) is 0 Å². The van der Waals surface area contributed by atoms with Gasteiger partial charge in [-0.15, -0.1) is 11.8 Å². The molecule has 1 heterocycles. The van der Waals surface area contributed by atoms with Gasteiger partial charge < -0.3 is 5.32 Å². The number of anilines is 1. The van der Waals surface area contributed by atoms with Crippen molar-refractivity contribution in [1.82, 2.24) is 9.78 Å². The van der Waals surface area contributed by atoms with Crippen molar-refractivity contribution in [2.24, 2.45) is 0 Å². The summed E-state index contributed by atoms with van der Waals surface area (Å²) in [5, 5.41) is 7.21. The van der Waals surface area contributed by atoms with Gasteiger partial charge in [-0.2, -0.15) is 5.10 Å². The SMILES string of the molecule is O=C(CSc1ccccc1)Nc1ccnn1Cc1ccc(Br)cc1. The monoisotopic (exact) mass is 401 g/mol. The van der Waals surface area contributed by atoms with Crippen molar-refractivity contribution in [3.05, 3.63) is 76.9 Å². The number of nitrogens with zero attached hydrogens (tertiary/aromatic N) is 2. The Labute approximate surface area is 153 Å². The van der Waals surface area contributed by atoms with Gasteiger partial charge in [0.25, 0.3) is 0 Å². The molecule has 0 bridgehead atoms. The molecule has 0 aliphatic rings. The lowest BCUT2D eigenvalue weighted by Gasteiger charge is -2.09. The number of thioether (sulfide) groups is 1. The predicted octanol–water partition coefficient (Wildman–Crippen LogP) is 4.42. The first-order chi connectivity index (χ1) is 11.7. The van der Waals surface area contributed by atoms with Crippen LogP contribution in [0.5, 0.6) is 0 Å². The zero-order chi connectivity index (χ0) is 16.8. The van der Waals surface area contributed by atoms with Crippen molar-refractivity contribution in [3.63, 3.8) is 0 Å². The van der Waals surface area contributed by atoms with Crippen molar-refractivity contribution in [2.45, 2.75) is 11.4 Å². The molecule has 0 unspecified atom stereocenters. The van der Waals surface area contributed by atoms with Gasteiger partial charge in [0.1, 0.15) is 5.82 Å². The minimum atomic E-state index is -0.0404. The molecule has 0 aliphatic heterocycles. The maximum Gasteiger partial charge on any atom is 0.235 e. The van der Waals surface area contributed by atoms with E-state index in [1.807, 2.05) is 60.7 Å². The fourth-order valence-corrected chi connectivity index (χ4v) is 3.16. The number of halogens is 1. The molecule has 0 saturated heterocycles. The van der Waals surface area contributed by atoms with E-state index < -0.39 is 0 Å². The minimum absolute atomic E-state index is 0.0404. The molecule has 1 amide bonds. The van der Waals surface area contributed by atoms with Gasteiger partial charge in [-0.25, -0.2) is 4.68 Å². The highest BCUT2D eigenvalue weighted by Crippen LogP contribution is 2.18. The molecule has 0 fully saturated rings. The Morgan fingerprint density at radius 3 is 2.58 bits per heavy atom. The number of nitrogens with one attached hydrogen (secondary N) is 1. The summed E-state index contributed by atoms with van der Waals surface area (Å²) in [6.45, 7) is 0.613. The van der Waals surface area contributed by atoms with Gasteiger partial charge in [-0.05, 0) is 29.8 Å². The van der Waals surface area contributed by atoms with E-state index in [0.29, 0.717) is 18.1 Å². The summed E-state index contributed by atoms with van der Waals surface area (Å²) in [4.78, 5) is 13.2. The highest BCUT2D eigenvalue weighted by molar-refractivity contribution is 9.10. The van der Waals surface area contributed by atoms with E-state index in [9.17, 15) is 4.79 Å². The first kappa shape index (κ1) is 16.8. The van der Waals surface area contributed by atoms with E-state index in [-0.39, 0.29) is 5.91 Å². The lowest BCUT2D eigenvalue weighted by Crippen LogP contribution is -2.17. The van der Waals surface area contributed by atoms with Gasteiger partial charge in [0, 0.05) is 15.4 Å². The number of aromatic nitrogens is 2. The Morgan fingerprint density at radius 2 is 1.83 bits per heavy atom. The Kier molecular flexibility index (Phi) is 5.72. The van der Waals surface area contributed by atoms with Crippen LogP contribution < -0.4 is 5.32 Å². The predicted molar refractivity (Wildman–Crippen MR) is 101 cm³/mol. The number of amides is 1. The molecule has 2 aromatic carbocycles. The maximum absolute atomic E-state index is 12.2. The molecule has 122 valence electrons. The second-order valence-electron chi connectivity index (χ2n) is 5.15. The highest BCUT2D eigenvalue weighted by atomic mass is 79.9. The summed E-state index contributed by atoms with van der Waals surface area (Å²) in [7, 11) is 0. The molecule has 1 aromatic heterocycles. The summed E-state index contributed by atoms with van der Waals surface area (Å²) in [6.07, 6.45) is 1.69. The zero-order valence-corrected chi connectivity index (χ0v) is 15.3. The van der Waals surface area contributed by atoms with E-state index in [4.69, 9.17) is 0 Å². The summed E-state index contributed by atoms with van der Waals surface area (Å²) in [5.74, 6) is 1.03. The number of benzene rings is 2. The van der Waals surface area contributed by atoms with Crippen LogP contribution in [0.15, 0.2) is 76.2 Å². The molecule has 0 atom stereocenters. The van der Waals surface area contributed by atoms with Crippen LogP contribution >= 0.6 is 27.7 Å². The van der Waals surface area contributed by atoms with Crippen LogP contribution in [-0.2, 0) is 11.3 Å². The third-order valence-electron chi connectivity index (χ3n) is 3.34. The van der Waals surface area contributed by atoms with E-state index in [1.54, 1.807) is 10.9 Å². The largest absolute Gasteiger partial charge is 0.310 e. The van der Waals surface area contributed by atoms with Gasteiger partial charge >= 0.3 is 0 Å². The van der Waals surface area contributed by atoms with Gasteiger partial charge in [-0.1, -0.05) is 46.3 Å². The number of rotatable bonds is 6. The summed E-state index contributed by atoms with van der Waals surface area (Å²) < 4.78 is 2.83. The maximum atomic E-state index is 12.2. The fraction of sp³-hybridized carbons (Fsp3) is 0.111. The number of hydrogen-bond donors (Lipinski definition) is 1. The molecule has 0 spiro atoms. The topological polar surface area (TPSA) is 46.9 Å². The minimum Gasteiger partial charge on any atom is -0.310 e. The Hall–Kier alpha value is -2.05. The van der Waals surface area contributed by atoms with E-state index in [0.717, 1.165) is 14.9 Å². The van der Waals surface area contributed by atoms with Crippen molar-refractivity contribution < 1.29 is 4.79 Å². The molecular weight excluding hydrogens is 386 g/mol. The molecular formula is C18H16BrN3OS. The third kappa shape index (κ3) is 4.72.